The summed E-state index contributed by atoms with van der Waals surface area (Å²) in [7, 11) is 0. The number of hydrogen-bond acceptors (Lipinski definition) is 6. The molecule has 0 spiro atoms. The Labute approximate surface area is 216 Å². The third-order valence-corrected chi connectivity index (χ3v) is 8.75. The van der Waals surface area contributed by atoms with Crippen molar-refractivity contribution in [2.45, 2.75) is 65.2 Å². The van der Waals surface area contributed by atoms with Gasteiger partial charge in [0.25, 0.3) is 0 Å². The summed E-state index contributed by atoms with van der Waals surface area (Å²) in [4.78, 5) is 15.9. The molecule has 4 rings (SSSR count). The van der Waals surface area contributed by atoms with E-state index >= 15 is 0 Å². The molecule has 1 aromatic carbocycles. The Hall–Kier alpha value is -1.74. The molecule has 2 aromatic rings. The van der Waals surface area contributed by atoms with Gasteiger partial charge < -0.3 is 14.2 Å². The summed E-state index contributed by atoms with van der Waals surface area (Å²) in [5.74, 6) is 0.868. The van der Waals surface area contributed by atoms with Gasteiger partial charge in [-0.1, -0.05) is 38.4 Å². The predicted octanol–water partition coefficient (Wildman–Crippen LogP) is 4.67. The van der Waals surface area contributed by atoms with Crippen LogP contribution in [0.1, 0.15) is 53.9 Å². The Morgan fingerprint density at radius 2 is 1.91 bits per heavy atom. The topological polar surface area (TPSA) is 73.7 Å². The van der Waals surface area contributed by atoms with Crippen LogP contribution in [-0.4, -0.2) is 56.2 Å². The van der Waals surface area contributed by atoms with Crippen molar-refractivity contribution in [3.63, 3.8) is 0 Å². The lowest BCUT2D eigenvalue weighted by Crippen LogP contribution is -2.51. The highest BCUT2D eigenvalue weighted by molar-refractivity contribution is 7.89. The molecular formula is C26H37ClN4O3S. The van der Waals surface area contributed by atoms with E-state index in [0.717, 1.165) is 19.3 Å². The summed E-state index contributed by atoms with van der Waals surface area (Å²) in [6, 6.07) is 7.12. The number of hydrogen-bond donors (Lipinski definition) is 0. The third kappa shape index (κ3) is 6.16. The fourth-order valence-electron chi connectivity index (χ4n) is 5.48. The maximum atomic E-state index is 13.8. The van der Waals surface area contributed by atoms with E-state index < -0.39 is 11.4 Å². The first-order chi connectivity index (χ1) is 16.5. The molecule has 3 atom stereocenters. The minimum absolute atomic E-state index is 0.0369. The highest BCUT2D eigenvalue weighted by Gasteiger charge is 2.35. The van der Waals surface area contributed by atoms with Crippen LogP contribution >= 0.6 is 11.6 Å². The SMILES string of the molecule is CC1CC(Oc2c(N3CCN([S+]([O-])C(C)C)CC3)cnn(-c3cccc(Cl)c3)c2=O)CC(C)(C)C1. The van der Waals surface area contributed by atoms with Crippen molar-refractivity contribution in [1.82, 2.24) is 14.1 Å². The quantitative estimate of drug-likeness (QED) is 0.515. The van der Waals surface area contributed by atoms with Crippen LogP contribution in [-0.2, 0) is 11.4 Å². The number of anilines is 1. The first-order valence-corrected chi connectivity index (χ1v) is 14.0. The van der Waals surface area contributed by atoms with E-state index in [0.29, 0.717) is 54.2 Å². The molecule has 9 heteroatoms. The standard InChI is InChI=1S/C26H37ClN4O3S/c1-18(2)35(33)30-11-9-29(10-12-30)23-17-28-31(21-8-6-7-20(27)14-21)25(32)24(23)34-22-13-19(3)15-26(4,5)16-22/h6-8,14,17-19,22H,9-13,15-16H2,1-5H3. The lowest BCUT2D eigenvalue weighted by molar-refractivity contribution is 0.0551. The normalized spacial score (nSPS) is 23.9. The van der Waals surface area contributed by atoms with Gasteiger partial charge in [0.05, 0.1) is 31.1 Å². The summed E-state index contributed by atoms with van der Waals surface area (Å²) < 4.78 is 22.5. The third-order valence-electron chi connectivity index (χ3n) is 6.84. The molecule has 3 unspecified atom stereocenters. The molecule has 0 amide bonds. The molecule has 1 saturated carbocycles. The zero-order valence-electron chi connectivity index (χ0n) is 21.4. The molecule has 2 fully saturated rings. The molecule has 1 aliphatic heterocycles. The van der Waals surface area contributed by atoms with E-state index in [2.05, 4.69) is 30.8 Å². The number of ether oxygens (including phenoxy) is 1. The number of nitrogens with zero attached hydrogens (tertiary/aromatic N) is 4. The second kappa shape index (κ2) is 10.7. The lowest BCUT2D eigenvalue weighted by Gasteiger charge is -2.40. The van der Waals surface area contributed by atoms with E-state index in [4.69, 9.17) is 16.3 Å². The smallest absolute Gasteiger partial charge is 0.316 e. The van der Waals surface area contributed by atoms with Crippen LogP contribution in [0.5, 0.6) is 5.75 Å². The van der Waals surface area contributed by atoms with Crippen molar-refractivity contribution in [1.29, 1.82) is 0 Å². The van der Waals surface area contributed by atoms with Gasteiger partial charge in [-0.05, 0) is 62.6 Å². The van der Waals surface area contributed by atoms with Gasteiger partial charge in [0.15, 0.2) is 0 Å². The summed E-state index contributed by atoms with van der Waals surface area (Å²) in [6.07, 6.45) is 4.66. The van der Waals surface area contributed by atoms with E-state index in [-0.39, 0.29) is 22.3 Å². The van der Waals surface area contributed by atoms with Crippen molar-refractivity contribution in [3.8, 4) is 11.4 Å². The van der Waals surface area contributed by atoms with Crippen molar-refractivity contribution in [2.24, 2.45) is 11.3 Å². The molecule has 1 saturated heterocycles. The molecule has 2 heterocycles. The van der Waals surface area contributed by atoms with E-state index in [9.17, 15) is 9.35 Å². The Morgan fingerprint density at radius 3 is 2.54 bits per heavy atom. The average molecular weight is 521 g/mol. The number of rotatable bonds is 6. The zero-order chi connectivity index (χ0) is 25.3. The van der Waals surface area contributed by atoms with E-state index in [1.54, 1.807) is 24.4 Å². The first kappa shape index (κ1) is 26.3. The molecule has 0 N–H and O–H groups in total. The highest BCUT2D eigenvalue weighted by Crippen LogP contribution is 2.40. The van der Waals surface area contributed by atoms with Crippen molar-refractivity contribution >= 4 is 28.7 Å². The van der Waals surface area contributed by atoms with Gasteiger partial charge in [-0.2, -0.15) is 9.78 Å². The van der Waals surface area contributed by atoms with Crippen LogP contribution in [0.4, 0.5) is 5.69 Å². The number of piperazine rings is 1. The van der Waals surface area contributed by atoms with Crippen LogP contribution in [0.2, 0.25) is 5.02 Å². The average Bonchev–Trinajstić information content (AvgIpc) is 2.78. The van der Waals surface area contributed by atoms with Gasteiger partial charge in [-0.25, -0.2) is 0 Å². The Bertz CT molecular complexity index is 1080. The van der Waals surface area contributed by atoms with E-state index in [1.807, 2.05) is 24.2 Å². The minimum Gasteiger partial charge on any atom is -0.598 e. The van der Waals surface area contributed by atoms with Crippen LogP contribution in [0.25, 0.3) is 5.69 Å². The Kier molecular flexibility index (Phi) is 8.05. The maximum absolute atomic E-state index is 13.8. The van der Waals surface area contributed by atoms with Gasteiger partial charge in [0, 0.05) is 29.5 Å². The molecule has 0 bridgehead atoms. The molecule has 192 valence electrons. The zero-order valence-corrected chi connectivity index (χ0v) is 22.9. The second-order valence-corrected chi connectivity index (χ2v) is 13.4. The monoisotopic (exact) mass is 520 g/mol. The fourth-order valence-corrected chi connectivity index (χ4v) is 6.78. The molecule has 1 aliphatic carbocycles. The number of benzene rings is 1. The minimum atomic E-state index is -1.01. The summed E-state index contributed by atoms with van der Waals surface area (Å²) in [5.41, 5.74) is 1.19. The molecule has 1 aromatic heterocycles. The van der Waals surface area contributed by atoms with E-state index in [1.165, 1.54) is 4.68 Å². The number of halogens is 1. The van der Waals surface area contributed by atoms with Crippen molar-refractivity contribution in [3.05, 3.63) is 45.8 Å². The van der Waals surface area contributed by atoms with Crippen molar-refractivity contribution < 1.29 is 9.29 Å². The van der Waals surface area contributed by atoms with Gasteiger partial charge in [-0.15, -0.1) is 4.31 Å². The van der Waals surface area contributed by atoms with Crippen molar-refractivity contribution in [2.75, 3.05) is 31.1 Å². The second-order valence-electron chi connectivity index (χ2n) is 10.9. The summed E-state index contributed by atoms with van der Waals surface area (Å²) in [6.45, 7) is 13.4. The van der Waals surface area contributed by atoms with Crippen LogP contribution in [0, 0.1) is 11.3 Å². The van der Waals surface area contributed by atoms with Gasteiger partial charge in [0.2, 0.25) is 5.75 Å². The summed E-state index contributed by atoms with van der Waals surface area (Å²) >= 11 is 5.19. The first-order valence-electron chi connectivity index (χ1n) is 12.5. The van der Waals surface area contributed by atoms with Crippen LogP contribution < -0.4 is 15.2 Å². The fraction of sp³-hybridized carbons (Fsp3) is 0.615. The highest BCUT2D eigenvalue weighted by atomic mass is 35.5. The largest absolute Gasteiger partial charge is 0.598 e. The van der Waals surface area contributed by atoms with Gasteiger partial charge in [-0.3, -0.25) is 4.79 Å². The Balaban J connectivity index is 1.67. The maximum Gasteiger partial charge on any atom is 0.316 e. The molecule has 7 nitrogen and oxygen atoms in total. The van der Waals surface area contributed by atoms with Gasteiger partial charge >= 0.3 is 5.56 Å². The predicted molar refractivity (Wildman–Crippen MR) is 143 cm³/mol. The molecule has 0 radical (unpaired) electrons. The number of aromatic nitrogens is 2. The van der Waals surface area contributed by atoms with Gasteiger partial charge in [0.1, 0.15) is 10.9 Å². The Morgan fingerprint density at radius 1 is 1.20 bits per heavy atom. The summed E-state index contributed by atoms with van der Waals surface area (Å²) in [5, 5.41) is 5.12. The lowest BCUT2D eigenvalue weighted by atomic mass is 9.71. The molecule has 35 heavy (non-hydrogen) atoms. The van der Waals surface area contributed by atoms with Crippen LogP contribution in [0.15, 0.2) is 35.3 Å². The molecule has 2 aliphatic rings. The molecular weight excluding hydrogens is 484 g/mol. The van der Waals surface area contributed by atoms with Crippen LogP contribution in [0.3, 0.4) is 0 Å².